The van der Waals surface area contributed by atoms with Gasteiger partial charge in [0.05, 0.1) is 6.07 Å². The fraction of sp³-hybridized carbons (Fsp3) is 0.938. The topological polar surface area (TPSA) is 39.1 Å². The van der Waals surface area contributed by atoms with E-state index >= 15 is 0 Å². The fourth-order valence-corrected chi connectivity index (χ4v) is 3.84. The van der Waals surface area contributed by atoms with Crippen molar-refractivity contribution < 1.29 is 0 Å². The molecule has 1 aliphatic heterocycles. The first-order valence-corrected chi connectivity index (χ1v) is 7.89. The number of likely N-dealkylation sites (tertiary alicyclic amines) is 1. The molecule has 0 radical (unpaired) electrons. The first-order valence-electron chi connectivity index (χ1n) is 7.89. The van der Waals surface area contributed by atoms with Crippen molar-refractivity contribution in [3.63, 3.8) is 0 Å². The van der Waals surface area contributed by atoms with Crippen LogP contribution in [0.4, 0.5) is 0 Å². The molecule has 2 fully saturated rings. The van der Waals surface area contributed by atoms with E-state index in [1.165, 1.54) is 25.9 Å². The number of nitrogens with zero attached hydrogens (tertiary/aromatic N) is 2. The standard InChI is InChI=1S/C16H29N3/c1-12(2)14-6-8-19(10-14)15-5-7-16(9-15,11-17)18-13(3)4/h12-15,18H,5-10H2,1-4H3. The summed E-state index contributed by atoms with van der Waals surface area (Å²) in [4.78, 5) is 2.64. The van der Waals surface area contributed by atoms with Gasteiger partial charge < -0.3 is 0 Å². The van der Waals surface area contributed by atoms with Crippen LogP contribution in [0.3, 0.4) is 0 Å². The molecule has 2 aliphatic rings. The van der Waals surface area contributed by atoms with Gasteiger partial charge in [0.1, 0.15) is 5.54 Å². The van der Waals surface area contributed by atoms with Crippen LogP contribution in [0.2, 0.25) is 0 Å². The van der Waals surface area contributed by atoms with Crippen LogP contribution < -0.4 is 5.32 Å². The van der Waals surface area contributed by atoms with E-state index < -0.39 is 0 Å². The van der Waals surface area contributed by atoms with E-state index in [1.54, 1.807) is 0 Å². The maximum atomic E-state index is 9.54. The van der Waals surface area contributed by atoms with Crippen molar-refractivity contribution in [1.29, 1.82) is 5.26 Å². The van der Waals surface area contributed by atoms with E-state index in [-0.39, 0.29) is 5.54 Å². The minimum Gasteiger partial charge on any atom is -0.300 e. The highest BCUT2D eigenvalue weighted by molar-refractivity contribution is 5.14. The number of rotatable bonds is 4. The van der Waals surface area contributed by atoms with Crippen LogP contribution in [-0.2, 0) is 0 Å². The van der Waals surface area contributed by atoms with Gasteiger partial charge >= 0.3 is 0 Å². The van der Waals surface area contributed by atoms with E-state index in [2.05, 4.69) is 44.0 Å². The molecule has 1 saturated carbocycles. The average molecular weight is 263 g/mol. The first kappa shape index (κ1) is 14.8. The molecule has 0 aromatic carbocycles. The zero-order valence-corrected chi connectivity index (χ0v) is 12.9. The molecule has 19 heavy (non-hydrogen) atoms. The molecular formula is C16H29N3. The monoisotopic (exact) mass is 263 g/mol. The minimum atomic E-state index is -0.269. The lowest BCUT2D eigenvalue weighted by Crippen LogP contribution is -2.47. The van der Waals surface area contributed by atoms with E-state index in [1.807, 2.05) is 0 Å². The van der Waals surface area contributed by atoms with Crippen molar-refractivity contribution in [1.82, 2.24) is 10.2 Å². The second-order valence-corrected chi connectivity index (χ2v) is 7.18. The first-order chi connectivity index (χ1) is 8.96. The van der Waals surface area contributed by atoms with Gasteiger partial charge in [-0.05, 0) is 57.9 Å². The molecule has 108 valence electrons. The van der Waals surface area contributed by atoms with Crippen molar-refractivity contribution in [2.45, 2.75) is 71.0 Å². The van der Waals surface area contributed by atoms with Crippen LogP contribution in [0.1, 0.15) is 53.4 Å². The van der Waals surface area contributed by atoms with Gasteiger partial charge in [0.15, 0.2) is 0 Å². The Balaban J connectivity index is 1.93. The van der Waals surface area contributed by atoms with Gasteiger partial charge in [0, 0.05) is 18.6 Å². The number of nitriles is 1. The van der Waals surface area contributed by atoms with Crippen molar-refractivity contribution in [2.75, 3.05) is 13.1 Å². The number of hydrogen-bond acceptors (Lipinski definition) is 3. The normalized spacial score (nSPS) is 36.3. The van der Waals surface area contributed by atoms with Crippen LogP contribution in [0, 0.1) is 23.2 Å². The average Bonchev–Trinajstić information content (AvgIpc) is 2.94. The van der Waals surface area contributed by atoms with Crippen LogP contribution in [-0.4, -0.2) is 35.6 Å². The van der Waals surface area contributed by atoms with Gasteiger partial charge in [-0.1, -0.05) is 13.8 Å². The third-order valence-corrected chi connectivity index (χ3v) is 4.98. The molecular weight excluding hydrogens is 234 g/mol. The Morgan fingerprint density at radius 3 is 2.53 bits per heavy atom. The Labute approximate surface area is 118 Å². The van der Waals surface area contributed by atoms with Crippen molar-refractivity contribution in [2.24, 2.45) is 11.8 Å². The summed E-state index contributed by atoms with van der Waals surface area (Å²) in [6.45, 7) is 11.4. The number of hydrogen-bond donors (Lipinski definition) is 1. The minimum absolute atomic E-state index is 0.269. The predicted octanol–water partition coefficient (Wildman–Crippen LogP) is 2.78. The molecule has 0 amide bonds. The Kier molecular flexibility index (Phi) is 4.53. The molecule has 1 saturated heterocycles. The highest BCUT2D eigenvalue weighted by Gasteiger charge is 2.43. The van der Waals surface area contributed by atoms with Crippen LogP contribution in [0.15, 0.2) is 0 Å². The Morgan fingerprint density at radius 2 is 2.00 bits per heavy atom. The largest absolute Gasteiger partial charge is 0.300 e. The molecule has 1 N–H and O–H groups in total. The summed E-state index contributed by atoms with van der Waals surface area (Å²) >= 11 is 0. The maximum Gasteiger partial charge on any atom is 0.108 e. The van der Waals surface area contributed by atoms with Crippen molar-refractivity contribution in [3.05, 3.63) is 0 Å². The van der Waals surface area contributed by atoms with E-state index in [9.17, 15) is 5.26 Å². The van der Waals surface area contributed by atoms with Gasteiger partial charge in [-0.2, -0.15) is 5.26 Å². The molecule has 3 nitrogen and oxygen atoms in total. The molecule has 0 aromatic rings. The van der Waals surface area contributed by atoms with Gasteiger partial charge in [-0.25, -0.2) is 0 Å². The summed E-state index contributed by atoms with van der Waals surface area (Å²) in [5, 5.41) is 13.0. The predicted molar refractivity (Wildman–Crippen MR) is 78.8 cm³/mol. The summed E-state index contributed by atoms with van der Waals surface area (Å²) in [6, 6.07) is 3.57. The third kappa shape index (κ3) is 3.30. The molecule has 2 rings (SSSR count). The maximum absolute atomic E-state index is 9.54. The second-order valence-electron chi connectivity index (χ2n) is 7.18. The molecule has 1 aliphatic carbocycles. The van der Waals surface area contributed by atoms with Crippen LogP contribution in [0.25, 0.3) is 0 Å². The van der Waals surface area contributed by atoms with E-state index in [0.29, 0.717) is 12.1 Å². The molecule has 3 atom stereocenters. The lowest BCUT2D eigenvalue weighted by atomic mass is 9.95. The fourth-order valence-electron chi connectivity index (χ4n) is 3.84. The van der Waals surface area contributed by atoms with Gasteiger partial charge in [-0.3, -0.25) is 10.2 Å². The van der Waals surface area contributed by atoms with Gasteiger partial charge in [0.2, 0.25) is 0 Å². The summed E-state index contributed by atoms with van der Waals surface area (Å²) in [6.07, 6.45) is 4.53. The highest BCUT2D eigenvalue weighted by atomic mass is 15.2. The lowest BCUT2D eigenvalue weighted by Gasteiger charge is -2.28. The van der Waals surface area contributed by atoms with Gasteiger partial charge in [-0.15, -0.1) is 0 Å². The zero-order valence-electron chi connectivity index (χ0n) is 12.9. The molecule has 3 unspecified atom stereocenters. The summed E-state index contributed by atoms with van der Waals surface area (Å²) in [7, 11) is 0. The van der Waals surface area contributed by atoms with E-state index in [4.69, 9.17) is 0 Å². The molecule has 0 spiro atoms. The Morgan fingerprint density at radius 1 is 1.26 bits per heavy atom. The van der Waals surface area contributed by atoms with Crippen LogP contribution >= 0.6 is 0 Å². The lowest BCUT2D eigenvalue weighted by molar-refractivity contribution is 0.219. The smallest absolute Gasteiger partial charge is 0.108 e. The van der Waals surface area contributed by atoms with Crippen molar-refractivity contribution >= 4 is 0 Å². The third-order valence-electron chi connectivity index (χ3n) is 4.98. The quantitative estimate of drug-likeness (QED) is 0.847. The van der Waals surface area contributed by atoms with Gasteiger partial charge in [0.25, 0.3) is 0 Å². The zero-order chi connectivity index (χ0) is 14.0. The molecule has 3 heteroatoms. The highest BCUT2D eigenvalue weighted by Crippen LogP contribution is 2.36. The van der Waals surface area contributed by atoms with Crippen LogP contribution in [0.5, 0.6) is 0 Å². The summed E-state index contributed by atoms with van der Waals surface area (Å²) < 4.78 is 0. The summed E-state index contributed by atoms with van der Waals surface area (Å²) in [5.41, 5.74) is -0.269. The second kappa shape index (κ2) is 5.81. The molecule has 0 aromatic heterocycles. The van der Waals surface area contributed by atoms with E-state index in [0.717, 1.165) is 24.7 Å². The molecule has 0 bridgehead atoms. The summed E-state index contributed by atoms with van der Waals surface area (Å²) in [5.74, 6) is 1.65. The Hall–Kier alpha value is -0.590. The SMILES string of the molecule is CC(C)NC1(C#N)CCC(N2CCC(C(C)C)C2)C1. The Bertz CT molecular complexity index is 344. The number of nitrogens with one attached hydrogen (secondary N) is 1. The molecule has 1 heterocycles. The van der Waals surface area contributed by atoms with Crippen molar-refractivity contribution in [3.8, 4) is 6.07 Å².